The molecule has 0 atom stereocenters. The minimum atomic E-state index is -0.202. The molecule has 5 heteroatoms. The summed E-state index contributed by atoms with van der Waals surface area (Å²) in [4.78, 5) is 27.7. The Balaban J connectivity index is 2.33. The van der Waals surface area contributed by atoms with Crippen molar-refractivity contribution in [3.63, 3.8) is 0 Å². The third kappa shape index (κ3) is 2.29. The fraction of sp³-hybridized carbons (Fsp3) is 0.167. The molecule has 1 N–H and O–H groups in total. The van der Waals surface area contributed by atoms with E-state index in [-0.39, 0.29) is 10.8 Å². The topological polar surface area (TPSA) is 53.2 Å². The molecule has 0 aliphatic heterocycles. The fourth-order valence-electron chi connectivity index (χ4n) is 1.53. The van der Waals surface area contributed by atoms with Gasteiger partial charge in [-0.25, -0.2) is 0 Å². The van der Waals surface area contributed by atoms with Gasteiger partial charge in [0.05, 0.1) is 0 Å². The first-order chi connectivity index (χ1) is 8.09. The Hall–Kier alpha value is -1.88. The lowest BCUT2D eigenvalue weighted by molar-refractivity contribution is 0.0996. The molecule has 0 saturated carbocycles. The zero-order valence-electron chi connectivity index (χ0n) is 9.56. The van der Waals surface area contributed by atoms with Gasteiger partial charge in [0, 0.05) is 18.4 Å². The highest BCUT2D eigenvalue weighted by Gasteiger charge is 2.18. The van der Waals surface area contributed by atoms with E-state index in [4.69, 9.17) is 0 Å². The Bertz CT molecular complexity index is 586. The number of nitrogens with zero attached hydrogens (tertiary/aromatic N) is 1. The summed E-state index contributed by atoms with van der Waals surface area (Å²) in [5.41, 5.74) is 1.42. The van der Waals surface area contributed by atoms with Gasteiger partial charge in [-0.3, -0.25) is 9.59 Å². The molecule has 88 valence electrons. The quantitative estimate of drug-likeness (QED) is 0.884. The molecular weight excluding hydrogens is 236 g/mol. The molecule has 0 saturated heterocycles. The Labute approximate surface area is 103 Å². The second-order valence-electron chi connectivity index (χ2n) is 3.67. The largest absolute Gasteiger partial charge is 0.316 e. The van der Waals surface area contributed by atoms with E-state index in [1.807, 2.05) is 30.3 Å². The number of aryl methyl sites for hydroxylation is 1. The van der Waals surface area contributed by atoms with Crippen LogP contribution in [0.2, 0.25) is 0 Å². The number of para-hydroxylation sites is 1. The molecule has 0 bridgehead atoms. The minimum absolute atomic E-state index is 0.169. The third-order valence-corrected chi connectivity index (χ3v) is 3.44. The number of amides is 1. The number of aromatic nitrogens is 1. The molecule has 0 aliphatic rings. The first-order valence-electron chi connectivity index (χ1n) is 5.12. The van der Waals surface area contributed by atoms with Crippen LogP contribution in [-0.4, -0.2) is 17.9 Å². The Morgan fingerprint density at radius 1 is 1.29 bits per heavy atom. The van der Waals surface area contributed by atoms with E-state index in [9.17, 15) is 9.59 Å². The number of hydrogen-bond acceptors (Lipinski definition) is 3. The second kappa shape index (κ2) is 4.55. The summed E-state index contributed by atoms with van der Waals surface area (Å²) in [5, 5.41) is 0. The number of H-pyrrole nitrogens is 1. The lowest BCUT2D eigenvalue weighted by atomic mass is 10.3. The SMILES string of the molecule is Cc1[nH]c(=O)sc1C(=O)N(C)c1ccccc1. The summed E-state index contributed by atoms with van der Waals surface area (Å²) < 4.78 is 0. The van der Waals surface area contributed by atoms with Crippen molar-refractivity contribution < 1.29 is 4.79 Å². The number of carbonyl (C=O) groups is 1. The molecule has 0 spiro atoms. The van der Waals surface area contributed by atoms with Gasteiger partial charge in [0.25, 0.3) is 5.91 Å². The molecule has 1 aromatic heterocycles. The van der Waals surface area contributed by atoms with E-state index in [1.165, 1.54) is 4.90 Å². The van der Waals surface area contributed by atoms with Crippen LogP contribution in [0.25, 0.3) is 0 Å². The molecule has 4 nitrogen and oxygen atoms in total. The van der Waals surface area contributed by atoms with Gasteiger partial charge in [-0.2, -0.15) is 0 Å². The van der Waals surface area contributed by atoms with Crippen LogP contribution in [0.3, 0.4) is 0 Å². The van der Waals surface area contributed by atoms with E-state index >= 15 is 0 Å². The summed E-state index contributed by atoms with van der Waals surface area (Å²) in [6, 6.07) is 9.32. The van der Waals surface area contributed by atoms with Crippen molar-refractivity contribution in [3.8, 4) is 0 Å². The number of thiazole rings is 1. The van der Waals surface area contributed by atoms with Crippen LogP contribution in [0.4, 0.5) is 5.69 Å². The molecule has 1 amide bonds. The Morgan fingerprint density at radius 2 is 1.94 bits per heavy atom. The number of nitrogens with one attached hydrogen (secondary N) is 1. The van der Waals surface area contributed by atoms with Gasteiger partial charge in [-0.1, -0.05) is 29.5 Å². The maximum atomic E-state index is 12.2. The van der Waals surface area contributed by atoms with Gasteiger partial charge in [0.2, 0.25) is 0 Å². The van der Waals surface area contributed by atoms with Gasteiger partial charge in [0.1, 0.15) is 4.88 Å². The van der Waals surface area contributed by atoms with Gasteiger partial charge < -0.3 is 9.88 Å². The van der Waals surface area contributed by atoms with E-state index in [2.05, 4.69) is 4.98 Å². The van der Waals surface area contributed by atoms with Gasteiger partial charge >= 0.3 is 4.87 Å². The highest BCUT2D eigenvalue weighted by atomic mass is 32.1. The van der Waals surface area contributed by atoms with Crippen LogP contribution in [0, 0.1) is 6.92 Å². The fourth-order valence-corrected chi connectivity index (χ4v) is 2.35. The first-order valence-corrected chi connectivity index (χ1v) is 5.94. The van der Waals surface area contributed by atoms with E-state index in [0.29, 0.717) is 10.6 Å². The highest BCUT2D eigenvalue weighted by molar-refractivity contribution is 7.11. The summed E-state index contributed by atoms with van der Waals surface area (Å²) in [6.45, 7) is 1.73. The number of benzene rings is 1. The van der Waals surface area contributed by atoms with Crippen LogP contribution in [0.1, 0.15) is 15.4 Å². The molecular formula is C12H12N2O2S. The van der Waals surface area contributed by atoms with Crippen molar-refractivity contribution in [2.45, 2.75) is 6.92 Å². The summed E-state index contributed by atoms with van der Waals surface area (Å²) >= 11 is 0.943. The van der Waals surface area contributed by atoms with Crippen LogP contribution in [-0.2, 0) is 0 Å². The molecule has 0 fully saturated rings. The van der Waals surface area contributed by atoms with Crippen LogP contribution < -0.4 is 9.77 Å². The molecule has 0 unspecified atom stereocenters. The highest BCUT2D eigenvalue weighted by Crippen LogP contribution is 2.17. The maximum absolute atomic E-state index is 12.2. The van der Waals surface area contributed by atoms with Crippen LogP contribution in [0.5, 0.6) is 0 Å². The number of rotatable bonds is 2. The molecule has 2 aromatic rings. The van der Waals surface area contributed by atoms with Crippen molar-refractivity contribution >= 4 is 22.9 Å². The number of carbonyl (C=O) groups excluding carboxylic acids is 1. The van der Waals surface area contributed by atoms with Gasteiger partial charge in [-0.15, -0.1) is 0 Å². The lowest BCUT2D eigenvalue weighted by Crippen LogP contribution is -2.25. The van der Waals surface area contributed by atoms with Crippen LogP contribution in [0.15, 0.2) is 35.1 Å². The number of hydrogen-bond donors (Lipinski definition) is 1. The Kier molecular flexibility index (Phi) is 3.10. The van der Waals surface area contributed by atoms with Crippen molar-refractivity contribution in [2.75, 3.05) is 11.9 Å². The van der Waals surface area contributed by atoms with E-state index < -0.39 is 0 Å². The lowest BCUT2D eigenvalue weighted by Gasteiger charge is -2.16. The molecule has 1 aromatic carbocycles. The first kappa shape index (κ1) is 11.6. The summed E-state index contributed by atoms with van der Waals surface area (Å²) in [6.07, 6.45) is 0. The number of anilines is 1. The number of aromatic amines is 1. The standard InChI is InChI=1S/C12H12N2O2S/c1-8-10(17-12(16)13-8)11(15)14(2)9-6-4-3-5-7-9/h3-7H,1-2H3,(H,13,16). The summed E-state index contributed by atoms with van der Waals surface area (Å²) in [5.74, 6) is -0.169. The zero-order valence-corrected chi connectivity index (χ0v) is 10.4. The molecule has 1 heterocycles. The van der Waals surface area contributed by atoms with Crippen LogP contribution >= 0.6 is 11.3 Å². The average molecular weight is 248 g/mol. The van der Waals surface area contributed by atoms with Crippen molar-refractivity contribution in [1.29, 1.82) is 0 Å². The maximum Gasteiger partial charge on any atom is 0.305 e. The Morgan fingerprint density at radius 3 is 2.47 bits per heavy atom. The normalized spacial score (nSPS) is 10.2. The van der Waals surface area contributed by atoms with E-state index in [1.54, 1.807) is 14.0 Å². The van der Waals surface area contributed by atoms with E-state index in [0.717, 1.165) is 17.0 Å². The summed E-state index contributed by atoms with van der Waals surface area (Å²) in [7, 11) is 1.70. The minimum Gasteiger partial charge on any atom is -0.316 e. The average Bonchev–Trinajstić information content (AvgIpc) is 2.68. The second-order valence-corrected chi connectivity index (χ2v) is 4.65. The van der Waals surface area contributed by atoms with Crippen molar-refractivity contribution in [3.05, 3.63) is 50.6 Å². The molecule has 2 rings (SSSR count). The predicted octanol–water partition coefficient (Wildman–Crippen LogP) is 2.02. The smallest absolute Gasteiger partial charge is 0.305 e. The monoisotopic (exact) mass is 248 g/mol. The van der Waals surface area contributed by atoms with Gasteiger partial charge in [0.15, 0.2) is 0 Å². The predicted molar refractivity (Wildman–Crippen MR) is 68.9 cm³/mol. The van der Waals surface area contributed by atoms with Crippen molar-refractivity contribution in [1.82, 2.24) is 4.98 Å². The zero-order chi connectivity index (χ0) is 12.4. The molecule has 0 radical (unpaired) electrons. The molecule has 0 aliphatic carbocycles. The van der Waals surface area contributed by atoms with Crippen molar-refractivity contribution in [2.24, 2.45) is 0 Å². The third-order valence-electron chi connectivity index (χ3n) is 2.47. The van der Waals surface area contributed by atoms with Gasteiger partial charge in [-0.05, 0) is 19.1 Å². The molecule has 17 heavy (non-hydrogen) atoms.